The van der Waals surface area contributed by atoms with Crippen molar-refractivity contribution in [2.45, 2.75) is 6.18 Å². The Morgan fingerprint density at radius 1 is 0.778 bits per heavy atom. The van der Waals surface area contributed by atoms with Gasteiger partial charge in [0.2, 0.25) is 0 Å². The second-order valence-corrected chi connectivity index (χ2v) is 5.38. The van der Waals surface area contributed by atoms with Crippen LogP contribution in [0.5, 0.6) is 0 Å². The fraction of sp³-hybridized carbons (Fsp3) is 0.0769. The van der Waals surface area contributed by atoms with Gasteiger partial charge in [-0.05, 0) is 29.8 Å². The smallest absolute Gasteiger partial charge is 0.166 e. The summed E-state index contributed by atoms with van der Waals surface area (Å²) in [6.45, 7) is 0. The lowest BCUT2D eigenvalue weighted by Gasteiger charge is -2.10. The summed E-state index contributed by atoms with van der Waals surface area (Å²) in [5.74, 6) is 0. The first kappa shape index (κ1) is 13.6. The Bertz CT molecular complexity index is 539. The second kappa shape index (κ2) is 5.05. The molecule has 0 heterocycles. The molecule has 0 amide bonds. The molecule has 0 radical (unpaired) electrons. The van der Waals surface area contributed by atoms with Crippen molar-refractivity contribution in [2.75, 3.05) is 0 Å². The molecule has 0 nitrogen and oxygen atoms in total. The first-order valence-electron chi connectivity index (χ1n) is 5.01. The summed E-state index contributed by atoms with van der Waals surface area (Å²) < 4.78 is 39.0. The summed E-state index contributed by atoms with van der Waals surface area (Å²) >= 11 is 6.78. The van der Waals surface area contributed by atoms with Gasteiger partial charge in [-0.25, -0.2) is 0 Å². The average molecular weight is 380 g/mol. The zero-order valence-corrected chi connectivity index (χ0v) is 12.1. The highest BCUT2D eigenvalue weighted by Gasteiger charge is 2.30. The normalized spacial score (nSPS) is 11.6. The van der Waals surface area contributed by atoms with Gasteiger partial charge in [0.1, 0.15) is 0 Å². The molecule has 0 N–H and O–H groups in total. The van der Waals surface area contributed by atoms with Gasteiger partial charge >= 0.3 is 6.18 Å². The van der Waals surface area contributed by atoms with Crippen molar-refractivity contribution < 1.29 is 13.2 Å². The SMILES string of the molecule is FC(F)(F)c1ccc(-c2c(Br)cccc2Br)cc1. The van der Waals surface area contributed by atoms with E-state index in [1.807, 2.05) is 18.2 Å². The zero-order valence-electron chi connectivity index (χ0n) is 8.93. The van der Waals surface area contributed by atoms with Gasteiger partial charge in [0.15, 0.2) is 0 Å². The highest BCUT2D eigenvalue weighted by molar-refractivity contribution is 9.11. The van der Waals surface area contributed by atoms with E-state index < -0.39 is 11.7 Å². The highest BCUT2D eigenvalue weighted by Crippen LogP contribution is 2.36. The predicted molar refractivity (Wildman–Crippen MR) is 72.3 cm³/mol. The molecule has 0 spiro atoms. The molecular weight excluding hydrogens is 373 g/mol. The quantitative estimate of drug-likeness (QED) is 0.578. The predicted octanol–water partition coefficient (Wildman–Crippen LogP) is 5.90. The summed E-state index contributed by atoms with van der Waals surface area (Å²) in [4.78, 5) is 0. The Morgan fingerprint density at radius 3 is 1.72 bits per heavy atom. The molecular formula is C13H7Br2F3. The van der Waals surface area contributed by atoms with Gasteiger partial charge < -0.3 is 0 Å². The maximum absolute atomic E-state index is 12.5. The molecule has 0 bridgehead atoms. The Labute approximate surface area is 119 Å². The zero-order chi connectivity index (χ0) is 13.3. The largest absolute Gasteiger partial charge is 0.416 e. The van der Waals surface area contributed by atoms with Crippen molar-refractivity contribution in [3.05, 3.63) is 57.0 Å². The number of hydrogen-bond acceptors (Lipinski definition) is 0. The van der Waals surface area contributed by atoms with Gasteiger partial charge in [0, 0.05) is 14.5 Å². The van der Waals surface area contributed by atoms with E-state index in [1.54, 1.807) is 0 Å². The van der Waals surface area contributed by atoms with Crippen LogP contribution in [0.1, 0.15) is 5.56 Å². The van der Waals surface area contributed by atoms with Crippen molar-refractivity contribution in [3.8, 4) is 11.1 Å². The van der Waals surface area contributed by atoms with E-state index in [-0.39, 0.29) is 0 Å². The number of halogens is 5. The lowest BCUT2D eigenvalue weighted by Crippen LogP contribution is -2.04. The van der Waals surface area contributed by atoms with Crippen LogP contribution in [-0.4, -0.2) is 0 Å². The third kappa shape index (κ3) is 2.78. The Hall–Kier alpha value is -0.810. The third-order valence-corrected chi connectivity index (χ3v) is 3.79. The van der Waals surface area contributed by atoms with Crippen molar-refractivity contribution >= 4 is 31.9 Å². The maximum Gasteiger partial charge on any atom is 0.416 e. The first-order chi connectivity index (χ1) is 8.39. The molecule has 0 aromatic heterocycles. The van der Waals surface area contributed by atoms with Crippen LogP contribution in [-0.2, 0) is 6.18 Å². The van der Waals surface area contributed by atoms with Crippen LogP contribution in [0.15, 0.2) is 51.4 Å². The topological polar surface area (TPSA) is 0 Å². The van der Waals surface area contributed by atoms with Gasteiger partial charge in [-0.2, -0.15) is 13.2 Å². The molecule has 0 aliphatic heterocycles. The molecule has 0 aliphatic rings. The molecule has 18 heavy (non-hydrogen) atoms. The van der Waals surface area contributed by atoms with Gasteiger partial charge in [0.25, 0.3) is 0 Å². The van der Waals surface area contributed by atoms with E-state index in [0.717, 1.165) is 32.2 Å². The molecule has 2 aromatic carbocycles. The second-order valence-electron chi connectivity index (χ2n) is 3.67. The van der Waals surface area contributed by atoms with Crippen LogP contribution in [0.25, 0.3) is 11.1 Å². The summed E-state index contributed by atoms with van der Waals surface area (Å²) in [6.07, 6.45) is -4.30. The van der Waals surface area contributed by atoms with Crippen LogP contribution in [0.2, 0.25) is 0 Å². The van der Waals surface area contributed by atoms with E-state index >= 15 is 0 Å². The molecule has 5 heteroatoms. The minimum absolute atomic E-state index is 0.644. The maximum atomic E-state index is 12.5. The fourth-order valence-electron chi connectivity index (χ4n) is 1.60. The molecule has 2 aromatic rings. The van der Waals surface area contributed by atoms with Gasteiger partial charge in [0.05, 0.1) is 5.56 Å². The lowest BCUT2D eigenvalue weighted by molar-refractivity contribution is -0.137. The first-order valence-corrected chi connectivity index (χ1v) is 6.60. The minimum Gasteiger partial charge on any atom is -0.166 e. The monoisotopic (exact) mass is 378 g/mol. The Balaban J connectivity index is 2.47. The van der Waals surface area contributed by atoms with E-state index in [4.69, 9.17) is 0 Å². The summed E-state index contributed by atoms with van der Waals surface area (Å²) in [5.41, 5.74) is 0.919. The summed E-state index contributed by atoms with van der Waals surface area (Å²) in [7, 11) is 0. The average Bonchev–Trinajstić information content (AvgIpc) is 2.28. The van der Waals surface area contributed by atoms with Crippen LogP contribution in [0.3, 0.4) is 0 Å². The summed E-state index contributed by atoms with van der Waals surface area (Å²) in [5, 5.41) is 0. The molecule has 0 aliphatic carbocycles. The van der Waals surface area contributed by atoms with Crippen molar-refractivity contribution in [1.29, 1.82) is 0 Å². The molecule has 0 unspecified atom stereocenters. The lowest BCUT2D eigenvalue weighted by atomic mass is 10.0. The van der Waals surface area contributed by atoms with E-state index in [9.17, 15) is 13.2 Å². The van der Waals surface area contributed by atoms with E-state index in [1.165, 1.54) is 12.1 Å². The molecule has 2 rings (SSSR count). The molecule has 0 atom stereocenters. The van der Waals surface area contributed by atoms with Crippen molar-refractivity contribution in [2.24, 2.45) is 0 Å². The van der Waals surface area contributed by atoms with Crippen LogP contribution in [0, 0.1) is 0 Å². The van der Waals surface area contributed by atoms with Gasteiger partial charge in [-0.15, -0.1) is 0 Å². The molecule has 94 valence electrons. The Kier molecular flexibility index (Phi) is 3.82. The Morgan fingerprint density at radius 2 is 1.28 bits per heavy atom. The standard InChI is InChI=1S/C13H7Br2F3/c14-10-2-1-3-11(15)12(10)8-4-6-9(7-5-8)13(16,17)18/h1-7H. The van der Waals surface area contributed by atoms with Crippen LogP contribution < -0.4 is 0 Å². The van der Waals surface area contributed by atoms with Crippen LogP contribution >= 0.6 is 31.9 Å². The van der Waals surface area contributed by atoms with E-state index in [0.29, 0.717) is 0 Å². The number of alkyl halides is 3. The van der Waals surface area contributed by atoms with Crippen LogP contribution in [0.4, 0.5) is 13.2 Å². The molecule has 0 saturated heterocycles. The number of hydrogen-bond donors (Lipinski definition) is 0. The van der Waals surface area contributed by atoms with Crippen molar-refractivity contribution in [1.82, 2.24) is 0 Å². The minimum atomic E-state index is -4.30. The fourth-order valence-corrected chi connectivity index (χ4v) is 3.06. The number of benzene rings is 2. The third-order valence-electron chi connectivity index (χ3n) is 2.46. The van der Waals surface area contributed by atoms with E-state index in [2.05, 4.69) is 31.9 Å². The number of rotatable bonds is 1. The molecule has 0 saturated carbocycles. The molecule has 0 fully saturated rings. The van der Waals surface area contributed by atoms with Crippen molar-refractivity contribution in [3.63, 3.8) is 0 Å². The highest BCUT2D eigenvalue weighted by atomic mass is 79.9. The van der Waals surface area contributed by atoms with Gasteiger partial charge in [-0.1, -0.05) is 50.1 Å². The van der Waals surface area contributed by atoms with Gasteiger partial charge in [-0.3, -0.25) is 0 Å². The summed E-state index contributed by atoms with van der Waals surface area (Å²) in [6, 6.07) is 10.6.